The van der Waals surface area contributed by atoms with Crippen molar-refractivity contribution in [2.75, 3.05) is 0 Å². The van der Waals surface area contributed by atoms with Crippen LogP contribution in [0.4, 0.5) is 0 Å². The molecule has 0 unspecified atom stereocenters. The van der Waals surface area contributed by atoms with E-state index in [4.69, 9.17) is 15.2 Å². The molecule has 4 rings (SSSR count). The second kappa shape index (κ2) is 6.70. The van der Waals surface area contributed by atoms with E-state index in [0.29, 0.717) is 36.5 Å². The van der Waals surface area contributed by atoms with Crippen LogP contribution in [0.5, 0.6) is 0 Å². The first-order valence-corrected chi connectivity index (χ1v) is 11.7. The highest BCUT2D eigenvalue weighted by atomic mass is 32.3. The Labute approximate surface area is 168 Å². The summed E-state index contributed by atoms with van der Waals surface area (Å²) >= 11 is 0. The van der Waals surface area contributed by atoms with Crippen LogP contribution in [-0.2, 0) is 14.6 Å². The first-order chi connectivity index (χ1) is 13.1. The van der Waals surface area contributed by atoms with Gasteiger partial charge in [-0.05, 0) is 75.0 Å². The van der Waals surface area contributed by atoms with Gasteiger partial charge in [0.1, 0.15) is 5.60 Å². The van der Waals surface area contributed by atoms with Gasteiger partial charge >= 0.3 is 10.4 Å². The van der Waals surface area contributed by atoms with E-state index in [1.165, 1.54) is 11.1 Å². The van der Waals surface area contributed by atoms with Gasteiger partial charge < -0.3 is 5.11 Å². The lowest BCUT2D eigenvalue weighted by Gasteiger charge is -2.57. The Morgan fingerprint density at radius 1 is 1.36 bits per heavy atom. The SMILES string of the molecule is C#C[C@]1(O)CC[C@H]2[C@@H]3CCC4=C[C@H](OS(=O)(=O)O)CC[C@@H]4[C@H]3C(=C)C[C@@]21CC. The molecule has 0 radical (unpaired) electrons. The van der Waals surface area contributed by atoms with E-state index in [-0.39, 0.29) is 5.41 Å². The molecule has 0 aliphatic heterocycles. The average molecular weight is 407 g/mol. The molecule has 2 N–H and O–H groups in total. The van der Waals surface area contributed by atoms with Crippen molar-refractivity contribution in [3.05, 3.63) is 23.8 Å². The molecule has 6 heteroatoms. The van der Waals surface area contributed by atoms with E-state index in [0.717, 1.165) is 38.5 Å². The Morgan fingerprint density at radius 3 is 2.75 bits per heavy atom. The van der Waals surface area contributed by atoms with Crippen LogP contribution in [0.1, 0.15) is 58.3 Å². The third-order valence-electron chi connectivity index (χ3n) is 8.30. The van der Waals surface area contributed by atoms with Crippen LogP contribution in [0.15, 0.2) is 23.8 Å². The lowest BCUT2D eigenvalue weighted by Crippen LogP contribution is -2.54. The molecule has 0 aromatic carbocycles. The minimum atomic E-state index is -4.44. The summed E-state index contributed by atoms with van der Waals surface area (Å²) in [4.78, 5) is 0. The molecule has 4 aliphatic carbocycles. The van der Waals surface area contributed by atoms with Gasteiger partial charge in [0.15, 0.2) is 0 Å². The zero-order chi connectivity index (χ0) is 20.3. The van der Waals surface area contributed by atoms with E-state index >= 15 is 0 Å². The summed E-state index contributed by atoms with van der Waals surface area (Å²) < 4.78 is 35.9. The molecule has 0 amide bonds. The summed E-state index contributed by atoms with van der Waals surface area (Å²) in [5.41, 5.74) is 1.10. The van der Waals surface area contributed by atoms with Gasteiger partial charge in [0.05, 0.1) is 6.10 Å². The van der Waals surface area contributed by atoms with Crippen molar-refractivity contribution in [1.82, 2.24) is 0 Å². The normalized spacial score (nSPS) is 45.4. The zero-order valence-electron chi connectivity index (χ0n) is 16.4. The smallest absolute Gasteiger partial charge is 0.377 e. The molecule has 0 aromatic heterocycles. The largest absolute Gasteiger partial charge is 0.397 e. The summed E-state index contributed by atoms with van der Waals surface area (Å²) in [5, 5.41) is 11.2. The van der Waals surface area contributed by atoms with Crippen molar-refractivity contribution in [3.63, 3.8) is 0 Å². The number of hydrogen-bond donors (Lipinski definition) is 2. The molecular weight excluding hydrogens is 376 g/mol. The molecule has 0 saturated heterocycles. The van der Waals surface area contributed by atoms with Crippen LogP contribution in [-0.4, -0.2) is 29.8 Å². The number of hydrogen-bond acceptors (Lipinski definition) is 4. The van der Waals surface area contributed by atoms with Crippen molar-refractivity contribution < 1.29 is 22.3 Å². The van der Waals surface area contributed by atoms with Gasteiger partial charge in [0.2, 0.25) is 0 Å². The van der Waals surface area contributed by atoms with Crippen molar-refractivity contribution >= 4 is 10.4 Å². The number of allylic oxidation sites excluding steroid dienone is 2. The summed E-state index contributed by atoms with van der Waals surface area (Å²) in [5.74, 6) is 4.31. The van der Waals surface area contributed by atoms with Gasteiger partial charge in [0.25, 0.3) is 0 Å². The van der Waals surface area contributed by atoms with E-state index < -0.39 is 22.1 Å². The predicted octanol–water partition coefficient (Wildman–Crippen LogP) is 3.67. The zero-order valence-corrected chi connectivity index (χ0v) is 17.2. The van der Waals surface area contributed by atoms with Gasteiger partial charge in [-0.15, -0.1) is 6.42 Å². The molecule has 0 heterocycles. The maximum Gasteiger partial charge on any atom is 0.397 e. The molecular formula is C22H30O5S. The molecule has 0 aromatic rings. The van der Waals surface area contributed by atoms with Gasteiger partial charge in [-0.3, -0.25) is 4.55 Å². The van der Waals surface area contributed by atoms with Crippen LogP contribution < -0.4 is 0 Å². The first kappa shape index (κ1) is 20.2. The molecule has 28 heavy (non-hydrogen) atoms. The quantitative estimate of drug-likeness (QED) is 0.424. The summed E-state index contributed by atoms with van der Waals surface area (Å²) in [6, 6.07) is 0. The molecule has 154 valence electrons. The lowest BCUT2D eigenvalue weighted by atomic mass is 9.48. The standard InChI is InChI=1S/C22H30O5S/c1-4-21-13-14(3)20-17-9-7-16(27-28(24,25)26)12-15(17)6-8-18(20)19(21)10-11-22(21,23)5-2/h2,12,16-20,23H,3-4,6-11,13H2,1H3,(H,24,25,26)/t16-,17+,18+,19+,20-,21+,22+/m1/s1. The Hall–Kier alpha value is -1.13. The molecule has 0 spiro atoms. The Balaban J connectivity index is 1.64. The number of rotatable bonds is 3. The molecule has 0 bridgehead atoms. The Bertz CT molecular complexity index is 853. The van der Waals surface area contributed by atoms with Crippen molar-refractivity contribution in [3.8, 4) is 12.3 Å². The predicted molar refractivity (Wildman–Crippen MR) is 106 cm³/mol. The maximum atomic E-state index is 11.2. The summed E-state index contributed by atoms with van der Waals surface area (Å²) in [6.45, 7) is 6.59. The van der Waals surface area contributed by atoms with Gasteiger partial charge in [0, 0.05) is 5.41 Å². The second-order valence-corrected chi connectivity index (χ2v) is 10.3. The molecule has 3 saturated carbocycles. The van der Waals surface area contributed by atoms with Gasteiger partial charge in [-0.25, -0.2) is 4.18 Å². The van der Waals surface area contributed by atoms with Crippen LogP contribution in [0.25, 0.3) is 0 Å². The average Bonchev–Trinajstić information content (AvgIpc) is 2.93. The minimum Gasteiger partial charge on any atom is -0.377 e. The lowest BCUT2D eigenvalue weighted by molar-refractivity contribution is -0.0793. The summed E-state index contributed by atoms with van der Waals surface area (Å²) in [6.07, 6.45) is 13.7. The van der Waals surface area contributed by atoms with E-state index in [2.05, 4.69) is 19.4 Å². The molecule has 4 aliphatic rings. The van der Waals surface area contributed by atoms with Crippen molar-refractivity contribution in [2.24, 2.45) is 29.1 Å². The minimum absolute atomic E-state index is 0.271. The van der Waals surface area contributed by atoms with Crippen LogP contribution in [0.2, 0.25) is 0 Å². The fraction of sp³-hybridized carbons (Fsp3) is 0.727. The van der Waals surface area contributed by atoms with E-state index in [9.17, 15) is 13.5 Å². The van der Waals surface area contributed by atoms with Crippen LogP contribution >= 0.6 is 0 Å². The molecule has 5 nitrogen and oxygen atoms in total. The molecule has 7 atom stereocenters. The number of aliphatic hydroxyl groups is 1. The van der Waals surface area contributed by atoms with Crippen LogP contribution in [0.3, 0.4) is 0 Å². The topological polar surface area (TPSA) is 83.8 Å². The van der Waals surface area contributed by atoms with Gasteiger partial charge in [-0.2, -0.15) is 8.42 Å². The third kappa shape index (κ3) is 2.90. The fourth-order valence-electron chi connectivity index (χ4n) is 7.25. The van der Waals surface area contributed by atoms with Crippen molar-refractivity contribution in [1.29, 1.82) is 0 Å². The van der Waals surface area contributed by atoms with E-state index in [1.807, 2.05) is 6.08 Å². The van der Waals surface area contributed by atoms with Gasteiger partial charge in [-0.1, -0.05) is 36.6 Å². The van der Waals surface area contributed by atoms with Crippen molar-refractivity contribution in [2.45, 2.75) is 70.0 Å². The molecule has 3 fully saturated rings. The fourth-order valence-corrected chi connectivity index (χ4v) is 7.72. The number of fused-ring (bicyclic) bond motifs is 5. The number of terminal acetylenes is 1. The highest BCUT2D eigenvalue weighted by Crippen LogP contribution is 2.67. The highest BCUT2D eigenvalue weighted by Gasteiger charge is 2.64. The monoisotopic (exact) mass is 406 g/mol. The van der Waals surface area contributed by atoms with E-state index in [1.54, 1.807) is 0 Å². The summed E-state index contributed by atoms with van der Waals surface area (Å²) in [7, 11) is -4.44. The highest BCUT2D eigenvalue weighted by molar-refractivity contribution is 7.80. The second-order valence-electron chi connectivity index (χ2n) is 9.21. The third-order valence-corrected chi connectivity index (χ3v) is 8.79. The van der Waals surface area contributed by atoms with Crippen LogP contribution in [0, 0.1) is 41.4 Å². The first-order valence-electron chi connectivity index (χ1n) is 10.4. The Morgan fingerprint density at radius 2 is 2.11 bits per heavy atom. The maximum absolute atomic E-state index is 11.2. The Kier molecular flexibility index (Phi) is 4.82.